The zero-order chi connectivity index (χ0) is 15.8. The van der Waals surface area contributed by atoms with Gasteiger partial charge in [-0.3, -0.25) is 4.79 Å². The third-order valence-electron chi connectivity index (χ3n) is 5.73. The van der Waals surface area contributed by atoms with Gasteiger partial charge < -0.3 is 9.47 Å². The van der Waals surface area contributed by atoms with Crippen molar-refractivity contribution in [2.45, 2.75) is 45.0 Å². The number of carbonyl (C=O) groups excluding carboxylic acids is 1. The van der Waals surface area contributed by atoms with Crippen LogP contribution in [-0.4, -0.2) is 24.6 Å². The van der Waals surface area contributed by atoms with Crippen molar-refractivity contribution in [1.29, 1.82) is 0 Å². The lowest BCUT2D eigenvalue weighted by Gasteiger charge is -2.30. The summed E-state index contributed by atoms with van der Waals surface area (Å²) in [6.07, 6.45) is 5.22. The van der Waals surface area contributed by atoms with Crippen molar-refractivity contribution < 1.29 is 14.3 Å². The Morgan fingerprint density at radius 3 is 2.96 bits per heavy atom. The van der Waals surface area contributed by atoms with Crippen molar-refractivity contribution in [2.75, 3.05) is 6.61 Å². The Morgan fingerprint density at radius 1 is 1.30 bits per heavy atom. The second kappa shape index (κ2) is 6.21. The number of allylic oxidation sites excluding steroid dienone is 1. The Balaban J connectivity index is 1.43. The first-order chi connectivity index (χ1) is 11.2. The molecule has 0 aromatic heterocycles. The van der Waals surface area contributed by atoms with Crippen LogP contribution in [0.15, 0.2) is 42.0 Å². The molecule has 0 unspecified atom stereocenters. The molecule has 0 radical (unpaired) electrons. The van der Waals surface area contributed by atoms with E-state index in [0.29, 0.717) is 30.8 Å². The van der Waals surface area contributed by atoms with E-state index in [-0.39, 0.29) is 18.1 Å². The molecule has 2 aliphatic carbocycles. The molecular weight excluding hydrogens is 288 g/mol. The van der Waals surface area contributed by atoms with E-state index in [1.54, 1.807) is 0 Å². The Bertz CT molecular complexity index is 607. The van der Waals surface area contributed by atoms with Crippen LogP contribution in [0.1, 0.15) is 31.7 Å². The highest BCUT2D eigenvalue weighted by Crippen LogP contribution is 2.48. The Labute approximate surface area is 137 Å². The highest BCUT2D eigenvalue weighted by molar-refractivity contribution is 5.84. The predicted molar refractivity (Wildman–Crippen MR) is 87.8 cm³/mol. The molecule has 1 heterocycles. The quantitative estimate of drug-likeness (QED) is 0.798. The number of Topliss-reactive ketones (excluding diaryl/α,β-unsaturated/α-hetero) is 1. The zero-order valence-corrected chi connectivity index (χ0v) is 13.6. The third-order valence-corrected chi connectivity index (χ3v) is 5.73. The fraction of sp³-hybridized carbons (Fsp3) is 0.550. The molecule has 0 spiro atoms. The Hall–Kier alpha value is -1.45. The van der Waals surface area contributed by atoms with E-state index in [2.05, 4.69) is 25.1 Å². The molecule has 1 aromatic rings. The van der Waals surface area contributed by atoms with Crippen molar-refractivity contribution in [3.8, 4) is 0 Å². The molecule has 23 heavy (non-hydrogen) atoms. The van der Waals surface area contributed by atoms with E-state index < -0.39 is 0 Å². The first-order valence-corrected chi connectivity index (χ1v) is 8.74. The lowest BCUT2D eigenvalue weighted by Crippen LogP contribution is -2.33. The van der Waals surface area contributed by atoms with Gasteiger partial charge in [0.2, 0.25) is 0 Å². The van der Waals surface area contributed by atoms with Crippen LogP contribution in [0.5, 0.6) is 0 Å². The van der Waals surface area contributed by atoms with Crippen LogP contribution in [0.4, 0.5) is 0 Å². The molecule has 1 aliphatic heterocycles. The minimum Gasteiger partial charge on any atom is -0.371 e. The van der Waals surface area contributed by atoms with Crippen LogP contribution in [0.2, 0.25) is 0 Å². The normalized spacial score (nSPS) is 34.0. The van der Waals surface area contributed by atoms with Gasteiger partial charge in [0.25, 0.3) is 0 Å². The van der Waals surface area contributed by atoms with Crippen molar-refractivity contribution in [1.82, 2.24) is 0 Å². The van der Waals surface area contributed by atoms with E-state index in [0.717, 1.165) is 19.3 Å². The maximum atomic E-state index is 12.2. The smallest absolute Gasteiger partial charge is 0.136 e. The minimum atomic E-state index is 0.0121. The summed E-state index contributed by atoms with van der Waals surface area (Å²) < 4.78 is 12.1. The monoisotopic (exact) mass is 312 g/mol. The van der Waals surface area contributed by atoms with Gasteiger partial charge in [-0.2, -0.15) is 0 Å². The molecule has 0 amide bonds. The lowest BCUT2D eigenvalue weighted by atomic mass is 9.73. The largest absolute Gasteiger partial charge is 0.371 e. The fourth-order valence-electron chi connectivity index (χ4n) is 4.53. The predicted octanol–water partition coefficient (Wildman–Crippen LogP) is 3.53. The molecule has 2 fully saturated rings. The number of fused-ring (bicyclic) bond motifs is 3. The second-order valence-electron chi connectivity index (χ2n) is 7.09. The molecule has 0 N–H and O–H groups in total. The fourth-order valence-corrected chi connectivity index (χ4v) is 4.53. The molecule has 1 saturated carbocycles. The van der Waals surface area contributed by atoms with Crippen LogP contribution in [-0.2, 0) is 20.9 Å². The average molecular weight is 312 g/mol. The number of rotatable bonds is 4. The summed E-state index contributed by atoms with van der Waals surface area (Å²) in [7, 11) is 0. The molecule has 4 rings (SSSR count). The van der Waals surface area contributed by atoms with Crippen molar-refractivity contribution in [3.63, 3.8) is 0 Å². The summed E-state index contributed by atoms with van der Waals surface area (Å²) in [6, 6.07) is 10.2. The summed E-state index contributed by atoms with van der Waals surface area (Å²) in [5.41, 5.74) is 2.50. The van der Waals surface area contributed by atoms with Crippen molar-refractivity contribution in [3.05, 3.63) is 47.5 Å². The lowest BCUT2D eigenvalue weighted by molar-refractivity contribution is -0.122. The molecule has 1 saturated heterocycles. The highest BCUT2D eigenvalue weighted by Gasteiger charge is 2.49. The van der Waals surface area contributed by atoms with Gasteiger partial charge in [-0.1, -0.05) is 36.4 Å². The maximum Gasteiger partial charge on any atom is 0.136 e. The van der Waals surface area contributed by atoms with Gasteiger partial charge in [-0.15, -0.1) is 0 Å². The van der Waals surface area contributed by atoms with E-state index in [1.165, 1.54) is 11.1 Å². The molecule has 3 nitrogen and oxygen atoms in total. The molecule has 1 aromatic carbocycles. The van der Waals surface area contributed by atoms with Gasteiger partial charge >= 0.3 is 0 Å². The van der Waals surface area contributed by atoms with Gasteiger partial charge in [-0.25, -0.2) is 0 Å². The number of ether oxygens (including phenoxy) is 2. The number of carbonyl (C=O) groups is 1. The molecule has 3 aliphatic rings. The van der Waals surface area contributed by atoms with Crippen LogP contribution < -0.4 is 0 Å². The molecule has 5 atom stereocenters. The Morgan fingerprint density at radius 2 is 2.13 bits per heavy atom. The minimum absolute atomic E-state index is 0.0121. The number of ketones is 1. The van der Waals surface area contributed by atoms with Crippen LogP contribution in [0.25, 0.3) is 0 Å². The molecule has 122 valence electrons. The second-order valence-corrected chi connectivity index (χ2v) is 7.09. The van der Waals surface area contributed by atoms with Crippen LogP contribution in [0.3, 0.4) is 0 Å². The molecule has 0 bridgehead atoms. The van der Waals surface area contributed by atoms with Crippen LogP contribution >= 0.6 is 0 Å². The van der Waals surface area contributed by atoms with Crippen molar-refractivity contribution >= 4 is 5.78 Å². The average Bonchev–Trinajstić information content (AvgIpc) is 3.17. The highest BCUT2D eigenvalue weighted by atomic mass is 16.5. The summed E-state index contributed by atoms with van der Waals surface area (Å²) in [6.45, 7) is 3.37. The van der Waals surface area contributed by atoms with Crippen molar-refractivity contribution in [2.24, 2.45) is 17.8 Å². The van der Waals surface area contributed by atoms with E-state index in [4.69, 9.17) is 9.47 Å². The summed E-state index contributed by atoms with van der Waals surface area (Å²) >= 11 is 0. The van der Waals surface area contributed by atoms with E-state index >= 15 is 0 Å². The summed E-state index contributed by atoms with van der Waals surface area (Å²) in [5.74, 6) is 1.52. The molecule has 3 heteroatoms. The third kappa shape index (κ3) is 2.77. The van der Waals surface area contributed by atoms with Gasteiger partial charge in [0.1, 0.15) is 11.9 Å². The molecular formula is C20H24O3. The number of hydrogen-bond acceptors (Lipinski definition) is 3. The maximum absolute atomic E-state index is 12.2. The number of hydrogen-bond donors (Lipinski definition) is 0. The van der Waals surface area contributed by atoms with Gasteiger partial charge in [0.15, 0.2) is 0 Å². The van der Waals surface area contributed by atoms with Crippen LogP contribution in [0, 0.1) is 17.8 Å². The topological polar surface area (TPSA) is 35.5 Å². The zero-order valence-electron chi connectivity index (χ0n) is 13.6. The standard InChI is InChI=1S/C20H24O3/c1-13(22-11-14-5-3-2-4-6-14)20-16-9-7-15-8-10-18(21)19(15)17(16)12-23-20/h2-6,9,13,15,17,19-20H,7-8,10-12H2,1H3/t13-,15+,17+,19-,20-/m0/s1. The van der Waals surface area contributed by atoms with Gasteiger partial charge in [0.05, 0.1) is 19.3 Å². The van der Waals surface area contributed by atoms with Gasteiger partial charge in [0, 0.05) is 18.3 Å². The SMILES string of the molecule is C[C@H](OCc1ccccc1)[C@@H]1OC[C@@H]2C1=CC[C@@H]1CCC(=O)[C@@H]12. The Kier molecular flexibility index (Phi) is 4.08. The summed E-state index contributed by atoms with van der Waals surface area (Å²) in [5, 5.41) is 0. The summed E-state index contributed by atoms with van der Waals surface area (Å²) in [4.78, 5) is 12.2. The van der Waals surface area contributed by atoms with E-state index in [9.17, 15) is 4.79 Å². The van der Waals surface area contributed by atoms with Gasteiger partial charge in [-0.05, 0) is 36.8 Å². The number of benzene rings is 1. The first-order valence-electron chi connectivity index (χ1n) is 8.74. The first kappa shape index (κ1) is 15.1. The van der Waals surface area contributed by atoms with E-state index in [1.807, 2.05) is 18.2 Å².